The van der Waals surface area contributed by atoms with Crippen LogP contribution in [0.4, 0.5) is 4.39 Å². The van der Waals surface area contributed by atoms with Gasteiger partial charge in [-0.15, -0.1) is 0 Å². The van der Waals surface area contributed by atoms with Gasteiger partial charge in [-0.2, -0.15) is 4.31 Å². The van der Waals surface area contributed by atoms with Gasteiger partial charge in [0.15, 0.2) is 11.6 Å². The normalized spacial score (nSPS) is 15.3. The number of piperidine rings is 1. The maximum Gasteiger partial charge on any atom is 0.243 e. The Morgan fingerprint density at radius 1 is 1.09 bits per heavy atom. The Labute approximate surface area is 188 Å². The fourth-order valence-corrected chi connectivity index (χ4v) is 5.02. The van der Waals surface area contributed by atoms with Crippen molar-refractivity contribution in [2.24, 2.45) is 5.92 Å². The SMILES string of the molecule is CCOc1ccc(S(=O)(=O)N2CCC(C(=O)NCCCOc3ccccc3F)CC2)cc1. The van der Waals surface area contributed by atoms with Gasteiger partial charge in [0.05, 0.1) is 18.1 Å². The lowest BCUT2D eigenvalue weighted by Crippen LogP contribution is -2.43. The molecule has 2 aromatic carbocycles. The van der Waals surface area contributed by atoms with Crippen LogP contribution < -0.4 is 14.8 Å². The molecule has 174 valence electrons. The summed E-state index contributed by atoms with van der Waals surface area (Å²) in [6.45, 7) is 3.68. The number of ether oxygens (including phenoxy) is 2. The van der Waals surface area contributed by atoms with Crippen LogP contribution in [-0.4, -0.2) is 51.5 Å². The number of hydrogen-bond donors (Lipinski definition) is 1. The molecule has 0 spiro atoms. The Balaban J connectivity index is 1.40. The van der Waals surface area contributed by atoms with Gasteiger partial charge in [0.1, 0.15) is 5.75 Å². The van der Waals surface area contributed by atoms with Crippen molar-refractivity contribution in [2.45, 2.75) is 31.1 Å². The number of nitrogens with one attached hydrogen (secondary N) is 1. The van der Waals surface area contributed by atoms with Crippen LogP contribution in [0.15, 0.2) is 53.4 Å². The largest absolute Gasteiger partial charge is 0.494 e. The lowest BCUT2D eigenvalue weighted by Gasteiger charge is -2.30. The quantitative estimate of drug-likeness (QED) is 0.546. The fraction of sp³-hybridized carbons (Fsp3) is 0.435. The monoisotopic (exact) mass is 464 g/mol. The van der Waals surface area contributed by atoms with Crippen molar-refractivity contribution < 1.29 is 27.1 Å². The summed E-state index contributed by atoms with van der Waals surface area (Å²) in [7, 11) is -3.60. The molecule has 1 N–H and O–H groups in total. The fourth-order valence-electron chi connectivity index (χ4n) is 3.55. The van der Waals surface area contributed by atoms with Crippen molar-refractivity contribution in [3.63, 3.8) is 0 Å². The number of nitrogens with zero attached hydrogens (tertiary/aromatic N) is 1. The van der Waals surface area contributed by atoms with Crippen LogP contribution in [-0.2, 0) is 14.8 Å². The molecule has 0 atom stereocenters. The van der Waals surface area contributed by atoms with E-state index in [4.69, 9.17) is 9.47 Å². The molecule has 0 radical (unpaired) electrons. The molecule has 0 bridgehead atoms. The summed E-state index contributed by atoms with van der Waals surface area (Å²) in [6.07, 6.45) is 1.48. The summed E-state index contributed by atoms with van der Waals surface area (Å²) in [5, 5.41) is 2.86. The van der Waals surface area contributed by atoms with Gasteiger partial charge in [0.25, 0.3) is 0 Å². The lowest BCUT2D eigenvalue weighted by molar-refractivity contribution is -0.126. The second-order valence-corrected chi connectivity index (χ2v) is 9.44. The number of hydrogen-bond acceptors (Lipinski definition) is 5. The predicted molar refractivity (Wildman–Crippen MR) is 119 cm³/mol. The van der Waals surface area contributed by atoms with Crippen LogP contribution >= 0.6 is 0 Å². The topological polar surface area (TPSA) is 84.9 Å². The zero-order chi connectivity index (χ0) is 23.0. The van der Waals surface area contributed by atoms with Gasteiger partial charge in [0.2, 0.25) is 15.9 Å². The second-order valence-electron chi connectivity index (χ2n) is 7.51. The molecule has 1 fully saturated rings. The molecule has 7 nitrogen and oxygen atoms in total. The second kappa shape index (κ2) is 11.3. The van der Waals surface area contributed by atoms with Gasteiger partial charge in [-0.1, -0.05) is 12.1 Å². The molecule has 1 heterocycles. The van der Waals surface area contributed by atoms with Gasteiger partial charge in [-0.25, -0.2) is 12.8 Å². The molecule has 1 saturated heterocycles. The van der Waals surface area contributed by atoms with Crippen molar-refractivity contribution >= 4 is 15.9 Å². The third-order valence-corrected chi connectivity index (χ3v) is 7.22. The van der Waals surface area contributed by atoms with E-state index in [1.165, 1.54) is 10.4 Å². The Morgan fingerprint density at radius 2 is 1.78 bits per heavy atom. The molecule has 0 saturated carbocycles. The van der Waals surface area contributed by atoms with E-state index >= 15 is 0 Å². The number of rotatable bonds is 10. The first-order valence-corrected chi connectivity index (χ1v) is 12.2. The summed E-state index contributed by atoms with van der Waals surface area (Å²) in [5.41, 5.74) is 0. The molecule has 2 aromatic rings. The number of benzene rings is 2. The number of para-hydroxylation sites is 1. The highest BCUT2D eigenvalue weighted by atomic mass is 32.2. The first kappa shape index (κ1) is 24.0. The molecule has 1 aliphatic rings. The third-order valence-electron chi connectivity index (χ3n) is 5.31. The van der Waals surface area contributed by atoms with Crippen LogP contribution in [0, 0.1) is 11.7 Å². The molecular formula is C23H29FN2O5S. The van der Waals surface area contributed by atoms with Gasteiger partial charge >= 0.3 is 0 Å². The van der Waals surface area contributed by atoms with E-state index in [0.717, 1.165) is 0 Å². The summed E-state index contributed by atoms with van der Waals surface area (Å²) in [5.74, 6) is 0.0906. The van der Waals surface area contributed by atoms with E-state index in [1.54, 1.807) is 42.5 Å². The van der Waals surface area contributed by atoms with Crippen molar-refractivity contribution in [2.75, 3.05) is 32.8 Å². The number of carbonyl (C=O) groups is 1. The first-order valence-electron chi connectivity index (χ1n) is 10.8. The maximum absolute atomic E-state index is 13.5. The number of halogens is 1. The number of carbonyl (C=O) groups excluding carboxylic acids is 1. The molecule has 1 aliphatic heterocycles. The molecule has 32 heavy (non-hydrogen) atoms. The van der Waals surface area contributed by atoms with E-state index in [0.29, 0.717) is 57.9 Å². The van der Waals surface area contributed by atoms with Crippen molar-refractivity contribution in [1.29, 1.82) is 0 Å². The Morgan fingerprint density at radius 3 is 2.44 bits per heavy atom. The highest BCUT2D eigenvalue weighted by molar-refractivity contribution is 7.89. The average Bonchev–Trinajstić information content (AvgIpc) is 2.80. The van der Waals surface area contributed by atoms with E-state index in [2.05, 4.69) is 5.32 Å². The minimum Gasteiger partial charge on any atom is -0.494 e. The first-order chi connectivity index (χ1) is 15.4. The van der Waals surface area contributed by atoms with Crippen molar-refractivity contribution in [3.05, 3.63) is 54.3 Å². The average molecular weight is 465 g/mol. The molecule has 3 rings (SSSR count). The van der Waals surface area contributed by atoms with E-state index < -0.39 is 15.8 Å². The van der Waals surface area contributed by atoms with Crippen LogP contribution in [0.25, 0.3) is 0 Å². The maximum atomic E-state index is 13.5. The lowest BCUT2D eigenvalue weighted by atomic mass is 9.97. The third kappa shape index (κ3) is 6.20. The zero-order valence-electron chi connectivity index (χ0n) is 18.1. The number of sulfonamides is 1. The minimum absolute atomic E-state index is 0.0889. The van der Waals surface area contributed by atoms with Gasteiger partial charge in [0, 0.05) is 25.6 Å². The van der Waals surface area contributed by atoms with Crippen molar-refractivity contribution in [3.8, 4) is 11.5 Å². The summed E-state index contributed by atoms with van der Waals surface area (Å²) in [4.78, 5) is 12.6. The van der Waals surface area contributed by atoms with Gasteiger partial charge in [-0.3, -0.25) is 4.79 Å². The molecule has 1 amide bonds. The van der Waals surface area contributed by atoms with Gasteiger partial charge < -0.3 is 14.8 Å². The Bertz CT molecular complexity index is 990. The summed E-state index contributed by atoms with van der Waals surface area (Å²) >= 11 is 0. The van der Waals surface area contributed by atoms with Crippen LogP contribution in [0.3, 0.4) is 0 Å². The molecule has 0 aliphatic carbocycles. The highest BCUT2D eigenvalue weighted by Gasteiger charge is 2.32. The van der Waals surface area contributed by atoms with Gasteiger partial charge in [-0.05, 0) is 62.6 Å². The van der Waals surface area contributed by atoms with Crippen molar-refractivity contribution in [1.82, 2.24) is 9.62 Å². The Kier molecular flexibility index (Phi) is 8.46. The minimum atomic E-state index is -3.60. The zero-order valence-corrected chi connectivity index (χ0v) is 18.9. The molecule has 0 aromatic heterocycles. The predicted octanol–water partition coefficient (Wildman–Crippen LogP) is 3.21. The smallest absolute Gasteiger partial charge is 0.243 e. The van der Waals surface area contributed by atoms with Crippen LogP contribution in [0.2, 0.25) is 0 Å². The Hall–Kier alpha value is -2.65. The summed E-state index contributed by atoms with van der Waals surface area (Å²) in [6, 6.07) is 12.6. The summed E-state index contributed by atoms with van der Waals surface area (Å²) < 4.78 is 51.4. The number of amides is 1. The van der Waals surface area contributed by atoms with E-state index in [1.807, 2.05) is 6.92 Å². The molecule has 0 unspecified atom stereocenters. The van der Waals surface area contributed by atoms with E-state index in [9.17, 15) is 17.6 Å². The molecular weight excluding hydrogens is 435 g/mol. The van der Waals surface area contributed by atoms with E-state index in [-0.39, 0.29) is 22.5 Å². The molecule has 9 heteroatoms. The highest BCUT2D eigenvalue weighted by Crippen LogP contribution is 2.25. The van der Waals surface area contributed by atoms with Crippen LogP contribution in [0.1, 0.15) is 26.2 Å². The van der Waals surface area contributed by atoms with Crippen LogP contribution in [0.5, 0.6) is 11.5 Å². The standard InChI is InChI=1S/C23H29FN2O5S/c1-2-30-19-8-10-20(11-9-19)32(28,29)26-15-12-18(13-16-26)23(27)25-14-5-17-31-22-7-4-3-6-21(22)24/h3-4,6-11,18H,2,5,12-17H2,1H3,(H,25,27).